The first-order valence-electron chi connectivity index (χ1n) is 36.9. The van der Waals surface area contributed by atoms with Gasteiger partial charge in [0.05, 0.1) is 27.7 Å². The van der Waals surface area contributed by atoms with Crippen LogP contribution in [0.1, 0.15) is 309 Å². The van der Waals surface area contributed by atoms with Crippen molar-refractivity contribution >= 4 is 19.8 Å². The minimum atomic E-state index is -4.40. The summed E-state index contributed by atoms with van der Waals surface area (Å²) in [5.74, 6) is -0.804. The van der Waals surface area contributed by atoms with E-state index >= 15 is 0 Å². The molecule has 2 unspecified atom stereocenters. The summed E-state index contributed by atoms with van der Waals surface area (Å²) >= 11 is 0. The number of allylic oxidation sites excluding steroid dienone is 22. The molecule has 1 N–H and O–H groups in total. The minimum Gasteiger partial charge on any atom is -0.462 e. The van der Waals surface area contributed by atoms with E-state index < -0.39 is 26.5 Å². The van der Waals surface area contributed by atoms with Crippen LogP contribution in [0.3, 0.4) is 0 Å². The molecular weight excluding hydrogens is 1130 g/mol. The molecular formula is C80H139NO8P+. The molecule has 0 bridgehead atoms. The minimum absolute atomic E-state index is 0.0250. The van der Waals surface area contributed by atoms with Crippen molar-refractivity contribution in [1.29, 1.82) is 0 Å². The second-order valence-corrected chi connectivity index (χ2v) is 27.0. The van der Waals surface area contributed by atoms with Gasteiger partial charge in [0, 0.05) is 12.8 Å². The summed E-state index contributed by atoms with van der Waals surface area (Å²) in [7, 11) is 1.47. The molecule has 0 aliphatic heterocycles. The number of carbonyl (C=O) groups is 2. The highest BCUT2D eigenvalue weighted by Gasteiger charge is 2.27. The summed E-state index contributed by atoms with van der Waals surface area (Å²) in [6.45, 7) is 4.33. The first kappa shape index (κ1) is 86.2. The summed E-state index contributed by atoms with van der Waals surface area (Å²) in [6.07, 6.45) is 101. The number of carbonyl (C=O) groups excluding carboxylic acids is 2. The number of unbranched alkanes of at least 4 members (excludes halogenated alkanes) is 31. The lowest BCUT2D eigenvalue weighted by Crippen LogP contribution is -2.37. The number of quaternary nitrogens is 1. The van der Waals surface area contributed by atoms with Gasteiger partial charge < -0.3 is 18.9 Å². The van der Waals surface area contributed by atoms with Gasteiger partial charge in [-0.3, -0.25) is 18.6 Å². The fraction of sp³-hybridized carbons (Fsp3) is 0.700. The number of rotatable bonds is 67. The molecule has 0 radical (unpaired) electrons. The van der Waals surface area contributed by atoms with E-state index in [0.717, 1.165) is 109 Å². The van der Waals surface area contributed by atoms with Crippen molar-refractivity contribution in [3.8, 4) is 0 Å². The Balaban J connectivity index is 4.09. The molecule has 0 amide bonds. The standard InChI is InChI=1S/C80H138NO8P/c1-6-8-10-12-14-16-18-20-22-24-26-28-30-32-34-35-36-37-38-39-40-41-42-43-44-45-47-49-51-53-55-57-59-61-63-65-67-69-71-73-80(83)89-78(77-88-90(84,85)87-75-74-81(3,4)5)76-86-79(82)72-70-68-66-64-62-60-58-56-54-52-50-48-46-33-31-29-27-25-23-21-19-17-15-13-11-9-7-2/h8,10,14,16,20,22,25-28,32,34,36-37,39-40,42-43,45,47,51,53,78H,6-7,9,11-13,15,17-19,21,23-24,29-31,33,35,38,41,44,46,48-50,52,54-77H2,1-5H3/p+1/b10-8-,16-14-,22-20-,27-25-,28-26-,34-32-,37-36-,40-39-,43-42-,47-45-,53-51-. The molecule has 0 aliphatic rings. The predicted molar refractivity (Wildman–Crippen MR) is 390 cm³/mol. The number of nitrogens with zero attached hydrogens (tertiary/aromatic N) is 1. The smallest absolute Gasteiger partial charge is 0.462 e. The van der Waals surface area contributed by atoms with Gasteiger partial charge in [-0.05, 0) is 116 Å². The second-order valence-electron chi connectivity index (χ2n) is 25.6. The predicted octanol–water partition coefficient (Wildman–Crippen LogP) is 24.4. The number of esters is 2. The van der Waals surface area contributed by atoms with Crippen LogP contribution in [0.15, 0.2) is 134 Å². The molecule has 0 heterocycles. The molecule has 0 aromatic heterocycles. The van der Waals surface area contributed by atoms with Crippen LogP contribution in [0.4, 0.5) is 0 Å². The molecule has 0 saturated carbocycles. The lowest BCUT2D eigenvalue weighted by Gasteiger charge is -2.24. The first-order chi connectivity index (χ1) is 44.0. The third kappa shape index (κ3) is 73.2. The zero-order chi connectivity index (χ0) is 65.5. The van der Waals surface area contributed by atoms with Crippen LogP contribution in [-0.4, -0.2) is 74.9 Å². The molecule has 2 atom stereocenters. The number of hydrogen-bond donors (Lipinski definition) is 1. The van der Waals surface area contributed by atoms with Crippen LogP contribution in [0.25, 0.3) is 0 Å². The summed E-state index contributed by atoms with van der Waals surface area (Å²) in [5.41, 5.74) is 0. The fourth-order valence-corrected chi connectivity index (χ4v) is 10.8. The third-order valence-corrected chi connectivity index (χ3v) is 16.6. The first-order valence-corrected chi connectivity index (χ1v) is 38.4. The average molecular weight is 1270 g/mol. The molecule has 0 rings (SSSR count). The number of hydrogen-bond acceptors (Lipinski definition) is 7. The third-order valence-electron chi connectivity index (χ3n) is 15.7. The van der Waals surface area contributed by atoms with E-state index in [1.807, 2.05) is 21.1 Å². The molecule has 10 heteroatoms. The van der Waals surface area contributed by atoms with Crippen LogP contribution >= 0.6 is 7.82 Å². The van der Waals surface area contributed by atoms with Crippen LogP contribution in [-0.2, 0) is 32.7 Å². The Bertz CT molecular complexity index is 1980. The van der Waals surface area contributed by atoms with Gasteiger partial charge in [-0.1, -0.05) is 314 Å². The molecule has 0 spiro atoms. The largest absolute Gasteiger partial charge is 0.472 e. The lowest BCUT2D eigenvalue weighted by molar-refractivity contribution is -0.870. The Labute approximate surface area is 555 Å². The SMILES string of the molecule is CC/C=C\C/C=C\C/C=C\C/C=C\C/C=C\C/C=C\C/C=C\C/C=C\C/C=C\C/C=C\CCCCCCCCCCC(=O)OC(COC(=O)CCCCCCCCCCCCCCCCC/C=C\CCCCCCCCCC)COP(=O)(O)OCC[N+](C)(C)C. The van der Waals surface area contributed by atoms with Crippen LogP contribution in [0, 0.1) is 0 Å². The van der Waals surface area contributed by atoms with Crippen molar-refractivity contribution in [3.63, 3.8) is 0 Å². The topological polar surface area (TPSA) is 108 Å². The summed E-state index contributed by atoms with van der Waals surface area (Å²) in [5, 5.41) is 0. The van der Waals surface area contributed by atoms with Crippen molar-refractivity contribution in [1.82, 2.24) is 0 Å². The van der Waals surface area contributed by atoms with Gasteiger partial charge in [-0.2, -0.15) is 0 Å². The van der Waals surface area contributed by atoms with E-state index in [0.29, 0.717) is 17.4 Å². The van der Waals surface area contributed by atoms with E-state index in [1.54, 1.807) is 0 Å². The average Bonchev–Trinajstić information content (AvgIpc) is 3.58. The lowest BCUT2D eigenvalue weighted by atomic mass is 10.0. The van der Waals surface area contributed by atoms with E-state index in [-0.39, 0.29) is 32.0 Å². The molecule has 0 aromatic carbocycles. The Morgan fingerprint density at radius 2 is 0.633 bits per heavy atom. The number of phosphoric acid groups is 1. The maximum Gasteiger partial charge on any atom is 0.472 e. The van der Waals surface area contributed by atoms with Gasteiger partial charge in [0.25, 0.3) is 0 Å². The van der Waals surface area contributed by atoms with Crippen molar-refractivity contribution in [3.05, 3.63) is 134 Å². The highest BCUT2D eigenvalue weighted by molar-refractivity contribution is 7.47. The Kier molecular flexibility index (Phi) is 66.5. The molecule has 0 aromatic rings. The number of ether oxygens (including phenoxy) is 2. The molecule has 0 fully saturated rings. The maximum atomic E-state index is 12.9. The fourth-order valence-electron chi connectivity index (χ4n) is 10.0. The van der Waals surface area contributed by atoms with E-state index in [1.165, 1.54) is 167 Å². The quantitative estimate of drug-likeness (QED) is 0.0211. The van der Waals surface area contributed by atoms with E-state index in [4.69, 9.17) is 18.5 Å². The highest BCUT2D eigenvalue weighted by Crippen LogP contribution is 2.43. The van der Waals surface area contributed by atoms with Crippen molar-refractivity contribution in [2.24, 2.45) is 0 Å². The van der Waals surface area contributed by atoms with Crippen molar-refractivity contribution in [2.75, 3.05) is 47.5 Å². The van der Waals surface area contributed by atoms with E-state index in [2.05, 4.69) is 148 Å². The number of likely N-dealkylation sites (N-methyl/N-ethyl adjacent to an activating group) is 1. The van der Waals surface area contributed by atoms with Crippen molar-refractivity contribution in [2.45, 2.75) is 315 Å². The maximum absolute atomic E-state index is 12.9. The summed E-state index contributed by atoms with van der Waals surface area (Å²) in [6, 6.07) is 0. The zero-order valence-corrected chi connectivity index (χ0v) is 59.7. The Morgan fingerprint density at radius 3 is 0.956 bits per heavy atom. The van der Waals surface area contributed by atoms with Crippen LogP contribution in [0.2, 0.25) is 0 Å². The van der Waals surface area contributed by atoms with Gasteiger partial charge in [0.2, 0.25) is 0 Å². The molecule has 90 heavy (non-hydrogen) atoms. The zero-order valence-electron chi connectivity index (χ0n) is 58.8. The monoisotopic (exact) mass is 1270 g/mol. The summed E-state index contributed by atoms with van der Waals surface area (Å²) < 4.78 is 34.7. The second kappa shape index (κ2) is 69.5. The van der Waals surface area contributed by atoms with Gasteiger partial charge in [0.15, 0.2) is 6.10 Å². The highest BCUT2D eigenvalue weighted by atomic mass is 31.2. The normalized spacial score (nSPS) is 13.9. The van der Waals surface area contributed by atoms with Crippen LogP contribution < -0.4 is 0 Å². The Morgan fingerprint density at radius 1 is 0.356 bits per heavy atom. The van der Waals surface area contributed by atoms with Gasteiger partial charge >= 0.3 is 19.8 Å². The Hall–Kier alpha value is -3.85. The van der Waals surface area contributed by atoms with Crippen LogP contribution in [0.5, 0.6) is 0 Å². The van der Waals surface area contributed by atoms with Gasteiger partial charge in [-0.15, -0.1) is 0 Å². The molecule has 9 nitrogen and oxygen atoms in total. The van der Waals surface area contributed by atoms with Gasteiger partial charge in [0.1, 0.15) is 19.8 Å². The van der Waals surface area contributed by atoms with Gasteiger partial charge in [-0.25, -0.2) is 4.57 Å². The van der Waals surface area contributed by atoms with Crippen molar-refractivity contribution < 1.29 is 42.1 Å². The van der Waals surface area contributed by atoms with E-state index in [9.17, 15) is 19.0 Å². The summed E-state index contributed by atoms with van der Waals surface area (Å²) in [4.78, 5) is 35.9. The molecule has 0 aliphatic carbocycles. The molecule has 0 saturated heterocycles. The number of phosphoric ester groups is 1. The molecule has 516 valence electrons.